The number of hydrogen-bond donors (Lipinski definition) is 2. The maximum Gasteiger partial charge on any atom is 0.324 e. The Kier molecular flexibility index (Phi) is 9.87. The quantitative estimate of drug-likeness (QED) is 0.192. The Labute approximate surface area is 110 Å². The molecule has 0 amide bonds. The summed E-state index contributed by atoms with van der Waals surface area (Å²) in [7, 11) is 0. The molecule has 0 rings (SSSR count). The molecule has 0 radical (unpaired) electrons. The number of nitrogens with zero attached hydrogens (tertiary/aromatic N) is 3. The summed E-state index contributed by atoms with van der Waals surface area (Å²) in [5.41, 5.74) is 13.2. The summed E-state index contributed by atoms with van der Waals surface area (Å²) in [4.78, 5) is 24.3. The third kappa shape index (κ3) is 10.8. The first-order chi connectivity index (χ1) is 9.07. The van der Waals surface area contributed by atoms with Gasteiger partial charge in [-0.15, -0.1) is 0 Å². The van der Waals surface area contributed by atoms with Gasteiger partial charge in [-0.3, -0.25) is 9.59 Å². The highest BCUT2D eigenvalue weighted by atomic mass is 16.5. The van der Waals surface area contributed by atoms with Gasteiger partial charge in [0.05, 0.1) is 12.9 Å². The van der Waals surface area contributed by atoms with E-state index in [-0.39, 0.29) is 5.78 Å². The minimum Gasteiger partial charge on any atom is -0.501 e. The zero-order valence-corrected chi connectivity index (χ0v) is 10.6. The van der Waals surface area contributed by atoms with Crippen molar-refractivity contribution in [3.63, 3.8) is 0 Å². The van der Waals surface area contributed by atoms with Crippen molar-refractivity contribution in [3.8, 4) is 0 Å². The Morgan fingerprint density at radius 2 is 2.11 bits per heavy atom. The molecule has 0 aromatic rings. The van der Waals surface area contributed by atoms with Crippen LogP contribution in [-0.2, 0) is 14.3 Å². The maximum absolute atomic E-state index is 11.3. The number of carboxylic acids is 1. The highest BCUT2D eigenvalue weighted by molar-refractivity contribution is 5.78. The average Bonchev–Trinajstić information content (AvgIpc) is 2.38. The monoisotopic (exact) mass is 270 g/mol. The molecule has 0 aliphatic rings. The van der Waals surface area contributed by atoms with Crippen LogP contribution in [-0.4, -0.2) is 36.1 Å². The van der Waals surface area contributed by atoms with Crippen LogP contribution in [0.3, 0.4) is 0 Å². The van der Waals surface area contributed by atoms with Crippen LogP contribution in [0.5, 0.6) is 0 Å². The highest BCUT2D eigenvalue weighted by Gasteiger charge is 2.05. The van der Waals surface area contributed by atoms with Crippen LogP contribution >= 0.6 is 0 Å². The molecule has 19 heavy (non-hydrogen) atoms. The minimum absolute atomic E-state index is 0.0861. The summed E-state index contributed by atoms with van der Waals surface area (Å²) >= 11 is 0. The van der Waals surface area contributed by atoms with Crippen molar-refractivity contribution in [2.24, 2.45) is 10.8 Å². The van der Waals surface area contributed by atoms with Crippen LogP contribution < -0.4 is 5.73 Å². The highest BCUT2D eigenvalue weighted by Crippen LogP contribution is 2.00. The molecule has 0 saturated carbocycles. The Balaban J connectivity index is 3.50. The molecule has 0 aliphatic heterocycles. The smallest absolute Gasteiger partial charge is 0.324 e. The van der Waals surface area contributed by atoms with Gasteiger partial charge in [0.1, 0.15) is 11.8 Å². The van der Waals surface area contributed by atoms with Gasteiger partial charge in [-0.2, -0.15) is 0 Å². The fourth-order valence-electron chi connectivity index (χ4n) is 1.16. The number of carboxylic acid groups (broad SMARTS) is 1. The van der Waals surface area contributed by atoms with E-state index in [0.717, 1.165) is 0 Å². The Hall–Kier alpha value is -2.05. The summed E-state index contributed by atoms with van der Waals surface area (Å²) < 4.78 is 5.01. The molecule has 3 N–H and O–H groups in total. The van der Waals surface area contributed by atoms with Gasteiger partial charge in [0.15, 0.2) is 0 Å². The number of nitrogens with two attached hydrogens (primary N) is 1. The minimum atomic E-state index is -1.13. The average molecular weight is 270 g/mol. The van der Waals surface area contributed by atoms with E-state index in [9.17, 15) is 9.59 Å². The van der Waals surface area contributed by atoms with Crippen LogP contribution in [0, 0.1) is 0 Å². The van der Waals surface area contributed by atoms with E-state index in [1.807, 2.05) is 0 Å². The molecule has 1 unspecified atom stereocenters. The number of aliphatic carboxylic acids is 1. The van der Waals surface area contributed by atoms with E-state index in [1.54, 1.807) is 0 Å². The first-order valence-electron chi connectivity index (χ1n) is 5.87. The predicted octanol–water partition coefficient (Wildman–Crippen LogP) is 1.37. The van der Waals surface area contributed by atoms with Gasteiger partial charge in [-0.05, 0) is 24.4 Å². The van der Waals surface area contributed by atoms with E-state index in [0.29, 0.717) is 38.8 Å². The summed E-state index contributed by atoms with van der Waals surface area (Å²) in [5.74, 6) is -1.04. The number of ether oxygens (including phenoxy) is 1. The first-order valence-corrected chi connectivity index (χ1v) is 5.87. The van der Waals surface area contributed by atoms with E-state index in [1.165, 1.54) is 12.3 Å². The molecule has 0 heterocycles. The lowest BCUT2D eigenvalue weighted by molar-refractivity contribution is -0.137. The molecule has 8 nitrogen and oxygen atoms in total. The number of azide groups is 1. The second kappa shape index (κ2) is 11.1. The molecule has 106 valence electrons. The normalized spacial score (nSPS) is 11.8. The molecule has 0 aliphatic carbocycles. The standard InChI is InChI=1S/C11H18N4O4/c12-10(11(17)18)5-8-19-7-2-4-9(16)3-1-6-14-15-13/h5,8,10H,1-4,6-7,12H2,(H,17,18)/b8-5+. The molecule has 1 atom stereocenters. The number of hydrogen-bond acceptors (Lipinski definition) is 5. The molecule has 0 saturated heterocycles. The van der Waals surface area contributed by atoms with Gasteiger partial charge in [0.2, 0.25) is 0 Å². The lowest BCUT2D eigenvalue weighted by atomic mass is 10.1. The molecule has 0 bridgehead atoms. The van der Waals surface area contributed by atoms with Crippen LogP contribution in [0.4, 0.5) is 0 Å². The van der Waals surface area contributed by atoms with Crippen LogP contribution in [0.1, 0.15) is 25.7 Å². The number of carbonyl (C=O) groups is 2. The fraction of sp³-hybridized carbons (Fsp3) is 0.636. The zero-order valence-electron chi connectivity index (χ0n) is 10.6. The number of rotatable bonds is 11. The zero-order chi connectivity index (χ0) is 14.5. The maximum atomic E-state index is 11.3. The van der Waals surface area contributed by atoms with Gasteiger partial charge in [-0.1, -0.05) is 5.11 Å². The Bertz CT molecular complexity index is 364. The first kappa shape index (κ1) is 16.9. The summed E-state index contributed by atoms with van der Waals surface area (Å²) in [6.45, 7) is 0.652. The van der Waals surface area contributed by atoms with E-state index >= 15 is 0 Å². The van der Waals surface area contributed by atoms with Gasteiger partial charge < -0.3 is 15.6 Å². The summed E-state index contributed by atoms with van der Waals surface area (Å²) in [6.07, 6.45) is 4.33. The molecule has 0 aromatic carbocycles. The fourth-order valence-corrected chi connectivity index (χ4v) is 1.16. The number of ketones is 1. The van der Waals surface area contributed by atoms with E-state index in [2.05, 4.69) is 10.0 Å². The van der Waals surface area contributed by atoms with Crippen molar-refractivity contribution in [1.82, 2.24) is 0 Å². The molecule has 0 fully saturated rings. The van der Waals surface area contributed by atoms with E-state index in [4.69, 9.17) is 21.1 Å². The second-order valence-corrected chi connectivity index (χ2v) is 3.76. The van der Waals surface area contributed by atoms with Gasteiger partial charge in [0.25, 0.3) is 0 Å². The lowest BCUT2D eigenvalue weighted by Gasteiger charge is -2.02. The van der Waals surface area contributed by atoms with Crippen molar-refractivity contribution >= 4 is 11.8 Å². The third-order valence-electron chi connectivity index (χ3n) is 2.16. The lowest BCUT2D eigenvalue weighted by Crippen LogP contribution is -2.27. The van der Waals surface area contributed by atoms with Gasteiger partial charge in [-0.25, -0.2) is 0 Å². The molecular formula is C11H18N4O4. The van der Waals surface area contributed by atoms with Gasteiger partial charge in [0, 0.05) is 24.3 Å². The predicted molar refractivity (Wildman–Crippen MR) is 68.2 cm³/mol. The van der Waals surface area contributed by atoms with Crippen molar-refractivity contribution < 1.29 is 19.4 Å². The van der Waals surface area contributed by atoms with Crippen LogP contribution in [0.15, 0.2) is 17.5 Å². The summed E-state index contributed by atoms with van der Waals surface area (Å²) in [6, 6.07) is -1.08. The number of Topliss-reactive ketones (excluding diaryl/α,β-unsaturated/α-hetero) is 1. The molecular weight excluding hydrogens is 252 g/mol. The largest absolute Gasteiger partial charge is 0.501 e. The molecule has 0 aromatic heterocycles. The third-order valence-corrected chi connectivity index (χ3v) is 2.16. The SMILES string of the molecule is [N-]=[N+]=NCCCC(=O)CCCO/C=C/C(N)C(=O)O. The summed E-state index contributed by atoms with van der Waals surface area (Å²) in [5, 5.41) is 11.8. The van der Waals surface area contributed by atoms with Crippen molar-refractivity contribution in [2.75, 3.05) is 13.2 Å². The molecule has 8 heteroatoms. The van der Waals surface area contributed by atoms with Crippen LogP contribution in [0.25, 0.3) is 10.4 Å². The van der Waals surface area contributed by atoms with Gasteiger partial charge >= 0.3 is 5.97 Å². The van der Waals surface area contributed by atoms with Crippen LogP contribution in [0.2, 0.25) is 0 Å². The Morgan fingerprint density at radius 1 is 1.42 bits per heavy atom. The Morgan fingerprint density at radius 3 is 2.74 bits per heavy atom. The van der Waals surface area contributed by atoms with Crippen molar-refractivity contribution in [1.29, 1.82) is 0 Å². The van der Waals surface area contributed by atoms with E-state index < -0.39 is 12.0 Å². The topological polar surface area (TPSA) is 138 Å². The second-order valence-electron chi connectivity index (χ2n) is 3.76. The molecule has 0 spiro atoms. The number of carbonyl (C=O) groups excluding carboxylic acids is 1. The van der Waals surface area contributed by atoms with Crippen molar-refractivity contribution in [3.05, 3.63) is 22.8 Å². The van der Waals surface area contributed by atoms with Crippen molar-refractivity contribution in [2.45, 2.75) is 31.7 Å².